The van der Waals surface area contributed by atoms with Crippen molar-refractivity contribution in [2.24, 2.45) is 0 Å². The molecule has 2 aliphatic rings. The average Bonchev–Trinajstić information content (AvgIpc) is 3.64. The van der Waals surface area contributed by atoms with E-state index in [1.807, 2.05) is 0 Å². The molecule has 1 heteroatoms. The zero-order valence-electron chi connectivity index (χ0n) is 33.2. The summed E-state index contributed by atoms with van der Waals surface area (Å²) in [6.45, 7) is 2.25. The van der Waals surface area contributed by atoms with Crippen LogP contribution in [0.1, 0.15) is 19.3 Å². The quantitative estimate of drug-likeness (QED) is 0.128. The Balaban J connectivity index is 1.18. The molecule has 1 fully saturated rings. The summed E-state index contributed by atoms with van der Waals surface area (Å²) in [7, 11) is 0. The van der Waals surface area contributed by atoms with Gasteiger partial charge in [0.05, 0.1) is 0 Å². The maximum Gasteiger partial charge on any atom is 0.0372 e. The number of hydrogen-bond acceptors (Lipinski definition) is 1. The SMILES string of the molecule is c1ccc(-c2c3cc4c(cc3c(-c3ccccc3)c3c5ccc(N6CCCCC6)cc5c5ccccc5c23)-c2ccc3c5cccc6cccc(c7ccc-4c2c73)c65)cc1. The third-order valence-electron chi connectivity index (χ3n) is 14.3. The van der Waals surface area contributed by atoms with Crippen LogP contribution in [-0.4, -0.2) is 13.1 Å². The number of hydrogen-bond donors (Lipinski definition) is 0. The van der Waals surface area contributed by atoms with Crippen molar-refractivity contribution in [3.63, 3.8) is 0 Å². The molecule has 0 bridgehead atoms. The molecule has 0 aromatic heterocycles. The van der Waals surface area contributed by atoms with E-state index in [0.717, 1.165) is 13.1 Å². The molecule has 1 saturated heterocycles. The second-order valence-corrected chi connectivity index (χ2v) is 17.3. The summed E-state index contributed by atoms with van der Waals surface area (Å²) in [6.07, 6.45) is 3.84. The van der Waals surface area contributed by atoms with Crippen LogP contribution in [0, 0.1) is 0 Å². The lowest BCUT2D eigenvalue weighted by atomic mass is 9.80. The fourth-order valence-corrected chi connectivity index (χ4v) is 11.8. The maximum absolute atomic E-state index is 2.60. The van der Waals surface area contributed by atoms with Crippen molar-refractivity contribution in [1.82, 2.24) is 0 Å². The van der Waals surface area contributed by atoms with Crippen LogP contribution in [0.4, 0.5) is 5.69 Å². The summed E-state index contributed by atoms with van der Waals surface area (Å²) in [4.78, 5) is 2.60. The summed E-state index contributed by atoms with van der Waals surface area (Å²) < 4.78 is 0. The monoisotopic (exact) mass is 761 g/mol. The molecular weight excluding hydrogens is 723 g/mol. The summed E-state index contributed by atoms with van der Waals surface area (Å²) >= 11 is 0. The van der Waals surface area contributed by atoms with Crippen molar-refractivity contribution in [2.75, 3.05) is 18.0 Å². The molecule has 60 heavy (non-hydrogen) atoms. The minimum absolute atomic E-state index is 1.13. The van der Waals surface area contributed by atoms with Crippen molar-refractivity contribution in [1.29, 1.82) is 0 Å². The van der Waals surface area contributed by atoms with Crippen LogP contribution in [0.2, 0.25) is 0 Å². The van der Waals surface area contributed by atoms with Gasteiger partial charge in [0.1, 0.15) is 0 Å². The minimum Gasteiger partial charge on any atom is -0.372 e. The molecule has 14 rings (SSSR count). The molecule has 0 amide bonds. The molecule has 1 aliphatic carbocycles. The molecule has 0 unspecified atom stereocenters. The summed E-state index contributed by atoms with van der Waals surface area (Å²) in [5.74, 6) is 0. The molecule has 1 heterocycles. The van der Waals surface area contributed by atoms with Crippen LogP contribution in [0.5, 0.6) is 0 Å². The molecule has 1 aliphatic heterocycles. The number of benzene rings is 12. The Hall–Kier alpha value is -7.22. The van der Waals surface area contributed by atoms with Gasteiger partial charge in [0.15, 0.2) is 0 Å². The topological polar surface area (TPSA) is 3.24 Å². The van der Waals surface area contributed by atoms with Gasteiger partial charge in [-0.2, -0.15) is 0 Å². The van der Waals surface area contributed by atoms with Gasteiger partial charge >= 0.3 is 0 Å². The second-order valence-electron chi connectivity index (χ2n) is 17.3. The Labute approximate surface area is 348 Å². The smallest absolute Gasteiger partial charge is 0.0372 e. The van der Waals surface area contributed by atoms with Gasteiger partial charge in [-0.05, 0) is 174 Å². The fraction of sp³-hybridized carbons (Fsp3) is 0.0847. The minimum atomic E-state index is 1.13. The van der Waals surface area contributed by atoms with Crippen molar-refractivity contribution in [3.8, 4) is 44.5 Å². The standard InChI is InChI=1S/C59H39N/c1-4-14-36(15-5-1)54-51-33-49-45-28-26-43-41-22-12-18-35-19-13-23-42(53(35)41)44-27-29-46(57(45)56(43)44)50(49)34-52(51)55(37-16-6-2-7-17-37)59-47-25-24-38(60-30-10-3-11-31-60)32-48(47)39-20-8-9-21-40(39)58(54)59/h1-2,4-9,12-29,32-34H,3,10-11,30-31H2. The van der Waals surface area contributed by atoms with Crippen LogP contribution in [0.15, 0.2) is 176 Å². The lowest BCUT2D eigenvalue weighted by Crippen LogP contribution is -2.29. The van der Waals surface area contributed by atoms with Gasteiger partial charge in [-0.25, -0.2) is 0 Å². The Morgan fingerprint density at radius 2 is 0.767 bits per heavy atom. The number of anilines is 1. The molecule has 1 nitrogen and oxygen atoms in total. The number of rotatable bonds is 3. The molecule has 0 N–H and O–H groups in total. The van der Waals surface area contributed by atoms with Crippen molar-refractivity contribution < 1.29 is 0 Å². The van der Waals surface area contributed by atoms with E-state index in [2.05, 4.69) is 181 Å². The van der Waals surface area contributed by atoms with E-state index in [1.54, 1.807) is 0 Å². The summed E-state index contributed by atoms with van der Waals surface area (Å²) in [5, 5.41) is 21.3. The van der Waals surface area contributed by atoms with Crippen molar-refractivity contribution >= 4 is 91.9 Å². The fourth-order valence-electron chi connectivity index (χ4n) is 11.8. The van der Waals surface area contributed by atoms with Crippen LogP contribution in [0.25, 0.3) is 131 Å². The van der Waals surface area contributed by atoms with Crippen LogP contribution in [0.3, 0.4) is 0 Å². The summed E-state index contributed by atoms with van der Waals surface area (Å²) in [5.41, 5.74) is 11.8. The number of nitrogens with zero attached hydrogens (tertiary/aromatic N) is 1. The molecule has 0 atom stereocenters. The van der Waals surface area contributed by atoms with Crippen LogP contribution >= 0.6 is 0 Å². The molecule has 0 saturated carbocycles. The molecule has 12 aromatic rings. The highest BCUT2D eigenvalue weighted by Gasteiger charge is 2.29. The van der Waals surface area contributed by atoms with Gasteiger partial charge in [0.25, 0.3) is 0 Å². The van der Waals surface area contributed by atoms with Crippen molar-refractivity contribution in [3.05, 3.63) is 176 Å². The Kier molecular flexibility index (Phi) is 6.63. The maximum atomic E-state index is 2.60. The third kappa shape index (κ3) is 4.31. The highest BCUT2D eigenvalue weighted by Crippen LogP contribution is 2.56. The van der Waals surface area contributed by atoms with Gasteiger partial charge in [0, 0.05) is 18.8 Å². The third-order valence-corrected chi connectivity index (χ3v) is 14.3. The van der Waals surface area contributed by atoms with Gasteiger partial charge in [-0.1, -0.05) is 152 Å². The van der Waals surface area contributed by atoms with Crippen LogP contribution in [-0.2, 0) is 0 Å². The van der Waals surface area contributed by atoms with E-state index in [9.17, 15) is 0 Å². The zero-order valence-corrected chi connectivity index (χ0v) is 33.2. The second kappa shape index (κ2) is 12.2. The van der Waals surface area contributed by atoms with Gasteiger partial charge < -0.3 is 4.90 Å². The van der Waals surface area contributed by atoms with Crippen LogP contribution < -0.4 is 4.90 Å². The zero-order chi connectivity index (χ0) is 39.1. The largest absolute Gasteiger partial charge is 0.372 e. The number of fused-ring (bicyclic) bond motifs is 12. The average molecular weight is 762 g/mol. The molecule has 0 radical (unpaired) electrons. The Morgan fingerprint density at radius 3 is 1.37 bits per heavy atom. The Bertz CT molecular complexity index is 3730. The van der Waals surface area contributed by atoms with E-state index in [0.29, 0.717) is 0 Å². The lowest BCUT2D eigenvalue weighted by Gasteiger charge is -2.29. The molecule has 12 aromatic carbocycles. The first-order valence-corrected chi connectivity index (χ1v) is 21.7. The highest BCUT2D eigenvalue weighted by molar-refractivity contribution is 6.40. The predicted octanol–water partition coefficient (Wildman–Crippen LogP) is 16.3. The van der Waals surface area contributed by atoms with Crippen molar-refractivity contribution in [2.45, 2.75) is 19.3 Å². The van der Waals surface area contributed by atoms with E-state index in [4.69, 9.17) is 0 Å². The van der Waals surface area contributed by atoms with E-state index < -0.39 is 0 Å². The normalized spacial score (nSPS) is 14.0. The lowest BCUT2D eigenvalue weighted by molar-refractivity contribution is 0.578. The van der Waals surface area contributed by atoms with Gasteiger partial charge in [-0.15, -0.1) is 0 Å². The highest BCUT2D eigenvalue weighted by atomic mass is 15.1. The van der Waals surface area contributed by atoms with Gasteiger partial charge in [-0.3, -0.25) is 0 Å². The first-order valence-electron chi connectivity index (χ1n) is 21.7. The Morgan fingerprint density at radius 1 is 0.283 bits per heavy atom. The van der Waals surface area contributed by atoms with Gasteiger partial charge in [0.2, 0.25) is 0 Å². The predicted molar refractivity (Wildman–Crippen MR) is 259 cm³/mol. The molecule has 280 valence electrons. The van der Waals surface area contributed by atoms with E-state index in [1.165, 1.54) is 156 Å². The van der Waals surface area contributed by atoms with E-state index in [-0.39, 0.29) is 0 Å². The molecule has 0 spiro atoms. The molecular formula is C59H39N. The first kappa shape index (κ1) is 32.7. The summed E-state index contributed by atoms with van der Waals surface area (Å²) in [6, 6.07) is 67.3. The number of piperidine rings is 1. The first-order chi connectivity index (χ1) is 29.8. The van der Waals surface area contributed by atoms with E-state index >= 15 is 0 Å².